The molecule has 0 saturated heterocycles. The monoisotopic (exact) mass is 666 g/mol. The van der Waals surface area contributed by atoms with Crippen molar-refractivity contribution in [2.24, 2.45) is 0 Å². The average molecular weight is 667 g/mol. The van der Waals surface area contributed by atoms with Gasteiger partial charge in [-0.3, -0.25) is 5.10 Å². The molecule has 0 saturated carbocycles. The third-order valence-corrected chi connectivity index (χ3v) is 5.63. The quantitative estimate of drug-likeness (QED) is 0.209. The summed E-state index contributed by atoms with van der Waals surface area (Å²) in [5.74, 6) is -1.02. The molecule has 0 atom stereocenters. The molecular formula is C16H9Cl2F3I2N6. The zero-order chi connectivity index (χ0) is 21.4. The van der Waals surface area contributed by atoms with Crippen LogP contribution in [-0.2, 0) is 0 Å². The highest BCUT2D eigenvalue weighted by Crippen LogP contribution is 2.17. The van der Waals surface area contributed by atoms with Crippen LogP contribution in [0.1, 0.15) is 0 Å². The summed E-state index contributed by atoms with van der Waals surface area (Å²) in [6.07, 6.45) is 5.36. The largest absolute Gasteiger partial charge is 0.266 e. The van der Waals surface area contributed by atoms with E-state index in [0.717, 1.165) is 31.7 Å². The van der Waals surface area contributed by atoms with Crippen molar-refractivity contribution >= 4 is 68.4 Å². The summed E-state index contributed by atoms with van der Waals surface area (Å²) in [5.41, 5.74) is 0. The Hall–Kier alpha value is -1.45. The van der Waals surface area contributed by atoms with Gasteiger partial charge in [-0.25, -0.2) is 23.4 Å². The number of hydrogen-bond acceptors (Lipinski definition) is 4. The Morgan fingerprint density at radius 1 is 0.862 bits per heavy atom. The molecule has 4 rings (SSSR count). The second-order valence-electron chi connectivity index (χ2n) is 4.88. The highest BCUT2D eigenvalue weighted by molar-refractivity contribution is 14.1. The summed E-state index contributed by atoms with van der Waals surface area (Å²) in [4.78, 5) is 6.90. The van der Waals surface area contributed by atoms with Crippen molar-refractivity contribution in [3.8, 4) is 5.82 Å². The lowest BCUT2D eigenvalue weighted by Crippen LogP contribution is -1.97. The summed E-state index contributed by atoms with van der Waals surface area (Å²) in [5, 5.41) is 11.3. The number of nitrogens with one attached hydrogen (secondary N) is 1. The van der Waals surface area contributed by atoms with Crippen molar-refractivity contribution in [2.45, 2.75) is 0 Å². The molecule has 0 spiro atoms. The standard InChI is InChI=1S/C8H4ClFIN3.C5H3F2N.C3H2ClIN2/c9-8-6(11)4-14(13-8)7-2-1-5(10)3-12-7;6-4-1-2-5(7)8-3-4;4-3-2(5)1-6-7-3/h1-4H;1-3H;1H,(H,6,7). The van der Waals surface area contributed by atoms with Gasteiger partial charge < -0.3 is 0 Å². The molecule has 4 aromatic rings. The van der Waals surface area contributed by atoms with Gasteiger partial charge in [0, 0.05) is 6.20 Å². The Morgan fingerprint density at radius 3 is 1.86 bits per heavy atom. The molecular weight excluding hydrogens is 658 g/mol. The summed E-state index contributed by atoms with van der Waals surface area (Å²) in [6, 6.07) is 4.84. The molecule has 0 fully saturated rings. The number of aromatic amines is 1. The number of hydrogen-bond donors (Lipinski definition) is 1. The lowest BCUT2D eigenvalue weighted by Gasteiger charge is -1.97. The number of halogens is 7. The van der Waals surface area contributed by atoms with E-state index in [0.29, 0.717) is 16.1 Å². The Bertz CT molecular complexity index is 985. The predicted molar refractivity (Wildman–Crippen MR) is 120 cm³/mol. The number of pyridine rings is 2. The first kappa shape index (κ1) is 23.8. The van der Waals surface area contributed by atoms with Gasteiger partial charge in [-0.15, -0.1) is 0 Å². The van der Waals surface area contributed by atoms with E-state index in [1.165, 1.54) is 16.8 Å². The Balaban J connectivity index is 0.000000170. The van der Waals surface area contributed by atoms with Crippen LogP contribution in [-0.4, -0.2) is 29.9 Å². The van der Waals surface area contributed by atoms with E-state index in [4.69, 9.17) is 23.2 Å². The fraction of sp³-hybridized carbons (Fsp3) is 0. The minimum absolute atomic E-state index is 0.373. The molecule has 4 aromatic heterocycles. The van der Waals surface area contributed by atoms with Crippen LogP contribution in [0.15, 0.2) is 49.1 Å². The van der Waals surface area contributed by atoms with Gasteiger partial charge in [-0.05, 0) is 69.4 Å². The van der Waals surface area contributed by atoms with E-state index < -0.39 is 11.8 Å². The van der Waals surface area contributed by atoms with Crippen LogP contribution in [0.2, 0.25) is 10.3 Å². The molecule has 0 amide bonds. The normalized spacial score (nSPS) is 9.90. The summed E-state index contributed by atoms with van der Waals surface area (Å²) in [7, 11) is 0. The maximum atomic E-state index is 12.6. The van der Waals surface area contributed by atoms with Gasteiger partial charge in [-0.2, -0.15) is 14.6 Å². The molecule has 29 heavy (non-hydrogen) atoms. The van der Waals surface area contributed by atoms with Gasteiger partial charge in [-0.1, -0.05) is 23.2 Å². The van der Waals surface area contributed by atoms with Crippen LogP contribution in [0.3, 0.4) is 0 Å². The maximum absolute atomic E-state index is 12.6. The topological polar surface area (TPSA) is 72.3 Å². The first-order valence-corrected chi connectivity index (χ1v) is 10.3. The highest BCUT2D eigenvalue weighted by atomic mass is 127. The fourth-order valence-corrected chi connectivity index (χ4v) is 2.43. The molecule has 0 unspecified atom stereocenters. The van der Waals surface area contributed by atoms with E-state index >= 15 is 0 Å². The van der Waals surface area contributed by atoms with Crippen LogP contribution < -0.4 is 0 Å². The number of rotatable bonds is 1. The molecule has 0 aliphatic heterocycles. The van der Waals surface area contributed by atoms with Gasteiger partial charge in [0.25, 0.3) is 0 Å². The van der Waals surface area contributed by atoms with Crippen molar-refractivity contribution in [3.05, 3.63) is 84.1 Å². The van der Waals surface area contributed by atoms with Gasteiger partial charge in [0.05, 0.1) is 25.7 Å². The lowest BCUT2D eigenvalue weighted by atomic mass is 10.4. The molecule has 0 aliphatic carbocycles. The SMILES string of the molecule is Clc1[nH]ncc1I.Fc1ccc(-n2cc(I)c(Cl)n2)nc1.Fc1ccc(F)nc1. The van der Waals surface area contributed by atoms with E-state index in [9.17, 15) is 13.2 Å². The first-order chi connectivity index (χ1) is 13.8. The Morgan fingerprint density at radius 2 is 1.52 bits per heavy atom. The van der Waals surface area contributed by atoms with Crippen LogP contribution in [0.4, 0.5) is 13.2 Å². The van der Waals surface area contributed by atoms with Crippen LogP contribution in [0, 0.1) is 24.7 Å². The predicted octanol–water partition coefficient (Wildman–Crippen LogP) is 5.69. The third-order valence-electron chi connectivity index (χ3n) is 2.82. The fourth-order valence-electron chi connectivity index (χ4n) is 1.57. The second kappa shape index (κ2) is 11.7. The number of nitrogens with zero attached hydrogens (tertiary/aromatic N) is 5. The van der Waals surface area contributed by atoms with Crippen molar-refractivity contribution in [2.75, 3.05) is 0 Å². The third kappa shape index (κ3) is 8.06. The van der Waals surface area contributed by atoms with Gasteiger partial charge >= 0.3 is 0 Å². The first-order valence-electron chi connectivity index (χ1n) is 7.40. The molecule has 152 valence electrons. The molecule has 0 radical (unpaired) electrons. The van der Waals surface area contributed by atoms with Crippen LogP contribution >= 0.6 is 68.4 Å². The second-order valence-corrected chi connectivity index (χ2v) is 7.94. The number of aromatic nitrogens is 6. The molecule has 4 heterocycles. The van der Waals surface area contributed by atoms with Crippen molar-refractivity contribution in [3.63, 3.8) is 0 Å². The van der Waals surface area contributed by atoms with Crippen molar-refractivity contribution in [1.29, 1.82) is 0 Å². The molecule has 0 aliphatic rings. The summed E-state index contributed by atoms with van der Waals surface area (Å²) in [6.45, 7) is 0. The van der Waals surface area contributed by atoms with E-state index in [1.807, 2.05) is 0 Å². The van der Waals surface area contributed by atoms with Crippen molar-refractivity contribution < 1.29 is 13.2 Å². The molecule has 0 bridgehead atoms. The van der Waals surface area contributed by atoms with Crippen molar-refractivity contribution in [1.82, 2.24) is 29.9 Å². The van der Waals surface area contributed by atoms with E-state index in [1.54, 1.807) is 12.4 Å². The average Bonchev–Trinajstić information content (AvgIpc) is 3.24. The minimum atomic E-state index is -0.661. The molecule has 13 heteroatoms. The number of H-pyrrole nitrogens is 1. The summed E-state index contributed by atoms with van der Waals surface area (Å²) < 4.78 is 39.5. The van der Waals surface area contributed by atoms with Crippen LogP contribution in [0.25, 0.3) is 5.82 Å². The Labute approximate surface area is 200 Å². The molecule has 0 aromatic carbocycles. The maximum Gasteiger partial charge on any atom is 0.212 e. The zero-order valence-corrected chi connectivity index (χ0v) is 19.8. The highest BCUT2D eigenvalue weighted by Gasteiger charge is 2.05. The van der Waals surface area contributed by atoms with Gasteiger partial charge in [0.15, 0.2) is 11.0 Å². The Kier molecular flexibility index (Phi) is 9.58. The van der Waals surface area contributed by atoms with E-state index in [2.05, 4.69) is 70.4 Å². The smallest absolute Gasteiger partial charge is 0.212 e. The van der Waals surface area contributed by atoms with Gasteiger partial charge in [0.1, 0.15) is 16.8 Å². The minimum Gasteiger partial charge on any atom is -0.266 e. The zero-order valence-electron chi connectivity index (χ0n) is 14.0. The lowest BCUT2D eigenvalue weighted by molar-refractivity contribution is 0.560. The van der Waals surface area contributed by atoms with Gasteiger partial charge in [0.2, 0.25) is 5.95 Å². The molecule has 6 nitrogen and oxygen atoms in total. The molecule has 1 N–H and O–H groups in total. The summed E-state index contributed by atoms with van der Waals surface area (Å²) >= 11 is 15.4. The van der Waals surface area contributed by atoms with E-state index in [-0.39, 0.29) is 5.82 Å². The van der Waals surface area contributed by atoms with Crippen LogP contribution in [0.5, 0.6) is 0 Å².